The number of anilines is 1. The molecule has 2 heterocycles. The molecule has 0 saturated carbocycles. The van der Waals surface area contributed by atoms with E-state index in [0.29, 0.717) is 4.88 Å². The molecule has 1 amide bonds. The molecule has 4 aromatic rings. The molecule has 0 atom stereocenters. The van der Waals surface area contributed by atoms with Crippen molar-refractivity contribution < 1.29 is 9.18 Å². The lowest BCUT2D eigenvalue weighted by molar-refractivity contribution is 0.103. The summed E-state index contributed by atoms with van der Waals surface area (Å²) in [6.07, 6.45) is 3.80. The number of rotatable bonds is 4. The monoisotopic (exact) mass is 376 g/mol. The van der Waals surface area contributed by atoms with Crippen LogP contribution in [0.1, 0.15) is 15.2 Å². The van der Waals surface area contributed by atoms with Gasteiger partial charge < -0.3 is 9.88 Å². The Kier molecular flexibility index (Phi) is 4.60. The molecule has 2 aromatic heterocycles. The maximum absolute atomic E-state index is 13.3. The highest BCUT2D eigenvalue weighted by molar-refractivity contribution is 7.13. The number of nitrogens with zero attached hydrogens (tertiary/aromatic N) is 1. The number of hydrogen-bond acceptors (Lipinski definition) is 2. The van der Waals surface area contributed by atoms with Gasteiger partial charge in [-0.05, 0) is 48.9 Å². The van der Waals surface area contributed by atoms with Crippen molar-refractivity contribution in [2.45, 2.75) is 6.92 Å². The van der Waals surface area contributed by atoms with Gasteiger partial charge >= 0.3 is 0 Å². The van der Waals surface area contributed by atoms with Crippen molar-refractivity contribution >= 4 is 22.9 Å². The Labute approximate surface area is 160 Å². The third kappa shape index (κ3) is 3.55. The van der Waals surface area contributed by atoms with Crippen molar-refractivity contribution in [2.24, 2.45) is 0 Å². The van der Waals surface area contributed by atoms with Gasteiger partial charge in [0.25, 0.3) is 5.91 Å². The molecule has 1 N–H and O–H groups in total. The second kappa shape index (κ2) is 7.21. The van der Waals surface area contributed by atoms with Gasteiger partial charge in [-0.3, -0.25) is 4.79 Å². The molecule has 0 spiro atoms. The smallest absolute Gasteiger partial charge is 0.267 e. The molecule has 0 fully saturated rings. The van der Waals surface area contributed by atoms with Crippen LogP contribution < -0.4 is 5.32 Å². The summed E-state index contributed by atoms with van der Waals surface area (Å²) < 4.78 is 15.2. The first kappa shape index (κ1) is 17.2. The van der Waals surface area contributed by atoms with Crippen molar-refractivity contribution in [3.05, 3.63) is 94.7 Å². The zero-order valence-electron chi connectivity index (χ0n) is 14.6. The van der Waals surface area contributed by atoms with Crippen LogP contribution in [0.5, 0.6) is 0 Å². The van der Waals surface area contributed by atoms with Gasteiger partial charge in [0.2, 0.25) is 0 Å². The number of nitrogens with one attached hydrogen (secondary N) is 1. The van der Waals surface area contributed by atoms with Gasteiger partial charge in [0.1, 0.15) is 10.7 Å². The highest BCUT2D eigenvalue weighted by Crippen LogP contribution is 2.35. The first-order chi connectivity index (χ1) is 13.1. The highest BCUT2D eigenvalue weighted by Gasteiger charge is 2.20. The van der Waals surface area contributed by atoms with Crippen molar-refractivity contribution in [1.82, 2.24) is 4.57 Å². The summed E-state index contributed by atoms with van der Waals surface area (Å²) in [6, 6.07) is 17.8. The van der Waals surface area contributed by atoms with Crippen LogP contribution in [0.3, 0.4) is 0 Å². The van der Waals surface area contributed by atoms with Crippen LogP contribution in [-0.4, -0.2) is 10.5 Å². The fourth-order valence-corrected chi connectivity index (χ4v) is 3.88. The van der Waals surface area contributed by atoms with E-state index in [9.17, 15) is 9.18 Å². The van der Waals surface area contributed by atoms with Gasteiger partial charge in [-0.1, -0.05) is 29.8 Å². The lowest BCUT2D eigenvalue weighted by Gasteiger charge is -2.10. The predicted molar refractivity (Wildman–Crippen MR) is 108 cm³/mol. The van der Waals surface area contributed by atoms with Gasteiger partial charge in [-0.15, -0.1) is 11.3 Å². The number of thiophene rings is 1. The number of aryl methyl sites for hydroxylation is 1. The van der Waals surface area contributed by atoms with E-state index in [4.69, 9.17) is 0 Å². The van der Waals surface area contributed by atoms with Crippen LogP contribution >= 0.6 is 11.3 Å². The molecule has 5 heteroatoms. The van der Waals surface area contributed by atoms with Gasteiger partial charge in [-0.2, -0.15) is 0 Å². The molecule has 134 valence electrons. The number of aromatic nitrogens is 1. The summed E-state index contributed by atoms with van der Waals surface area (Å²) in [7, 11) is 0. The molecule has 0 aliphatic carbocycles. The van der Waals surface area contributed by atoms with Gasteiger partial charge in [-0.25, -0.2) is 4.39 Å². The molecule has 0 bridgehead atoms. The largest absolute Gasteiger partial charge is 0.322 e. The summed E-state index contributed by atoms with van der Waals surface area (Å²) in [4.78, 5) is 13.5. The van der Waals surface area contributed by atoms with E-state index in [0.717, 1.165) is 28.1 Å². The third-order valence-corrected chi connectivity index (χ3v) is 5.27. The minimum Gasteiger partial charge on any atom is -0.322 e. The Morgan fingerprint density at radius 2 is 1.67 bits per heavy atom. The summed E-state index contributed by atoms with van der Waals surface area (Å²) in [5.41, 5.74) is 4.44. The van der Waals surface area contributed by atoms with Crippen LogP contribution in [0.4, 0.5) is 10.1 Å². The van der Waals surface area contributed by atoms with E-state index < -0.39 is 0 Å². The van der Waals surface area contributed by atoms with Crippen molar-refractivity contribution in [3.8, 4) is 16.8 Å². The average molecular weight is 376 g/mol. The van der Waals surface area contributed by atoms with Crippen LogP contribution in [0.25, 0.3) is 16.8 Å². The number of amides is 1. The van der Waals surface area contributed by atoms with Gasteiger partial charge in [0.05, 0.1) is 5.69 Å². The topological polar surface area (TPSA) is 34.0 Å². The molecule has 2 aromatic carbocycles. The maximum Gasteiger partial charge on any atom is 0.267 e. The van der Waals surface area contributed by atoms with E-state index in [1.165, 1.54) is 23.5 Å². The van der Waals surface area contributed by atoms with Crippen molar-refractivity contribution in [1.29, 1.82) is 0 Å². The Morgan fingerprint density at radius 1 is 1.00 bits per heavy atom. The second-order valence-electron chi connectivity index (χ2n) is 6.24. The van der Waals surface area contributed by atoms with Crippen LogP contribution in [-0.2, 0) is 0 Å². The summed E-state index contributed by atoms with van der Waals surface area (Å²) in [6.45, 7) is 2.00. The van der Waals surface area contributed by atoms with Gasteiger partial charge in [0, 0.05) is 29.0 Å². The molecule has 0 aliphatic rings. The maximum atomic E-state index is 13.3. The van der Waals surface area contributed by atoms with E-state index in [1.54, 1.807) is 12.1 Å². The number of halogens is 1. The SMILES string of the molecule is Cc1ccc(NC(=O)c2scc(-c3ccc(F)cc3)c2-n2cccc2)cc1. The lowest BCUT2D eigenvalue weighted by Crippen LogP contribution is -2.12. The fraction of sp³-hybridized carbons (Fsp3) is 0.0455. The van der Waals surface area contributed by atoms with E-state index >= 15 is 0 Å². The molecule has 4 rings (SSSR count). The molecule has 0 unspecified atom stereocenters. The van der Waals surface area contributed by atoms with E-state index in [2.05, 4.69) is 5.32 Å². The number of hydrogen-bond donors (Lipinski definition) is 1. The first-order valence-corrected chi connectivity index (χ1v) is 9.38. The Bertz CT molecular complexity index is 1060. The van der Waals surface area contributed by atoms with Crippen molar-refractivity contribution in [2.75, 3.05) is 5.32 Å². The van der Waals surface area contributed by atoms with E-state index in [-0.39, 0.29) is 11.7 Å². The second-order valence-corrected chi connectivity index (χ2v) is 7.12. The molecule has 0 aliphatic heterocycles. The molecular formula is C22H17FN2OS. The van der Waals surface area contributed by atoms with Crippen LogP contribution in [0.15, 0.2) is 78.4 Å². The molecular weight excluding hydrogens is 359 g/mol. The first-order valence-electron chi connectivity index (χ1n) is 8.50. The van der Waals surface area contributed by atoms with Crippen molar-refractivity contribution in [3.63, 3.8) is 0 Å². The fourth-order valence-electron chi connectivity index (χ4n) is 2.91. The average Bonchev–Trinajstić information content (AvgIpc) is 3.33. The zero-order valence-corrected chi connectivity index (χ0v) is 15.5. The summed E-state index contributed by atoms with van der Waals surface area (Å²) in [5, 5.41) is 4.90. The lowest BCUT2D eigenvalue weighted by atomic mass is 10.1. The molecule has 27 heavy (non-hydrogen) atoms. The Morgan fingerprint density at radius 3 is 2.33 bits per heavy atom. The molecule has 0 radical (unpaired) electrons. The Hall–Kier alpha value is -3.18. The summed E-state index contributed by atoms with van der Waals surface area (Å²) >= 11 is 1.38. The number of carbonyl (C=O) groups is 1. The predicted octanol–water partition coefficient (Wildman–Crippen LogP) is 5.91. The number of benzene rings is 2. The standard InChI is InChI=1S/C22H17FN2OS/c1-15-4-10-18(11-5-15)24-22(26)21-20(25-12-2-3-13-25)19(14-27-21)16-6-8-17(23)9-7-16/h2-14H,1H3,(H,24,26). The minimum absolute atomic E-state index is 0.166. The molecule has 0 saturated heterocycles. The van der Waals surface area contributed by atoms with E-state index in [1.807, 2.05) is 65.7 Å². The summed E-state index contributed by atoms with van der Waals surface area (Å²) in [5.74, 6) is -0.449. The normalized spacial score (nSPS) is 10.7. The van der Waals surface area contributed by atoms with Crippen LogP contribution in [0.2, 0.25) is 0 Å². The Balaban J connectivity index is 1.75. The number of carbonyl (C=O) groups excluding carboxylic acids is 1. The molecule has 3 nitrogen and oxygen atoms in total. The van der Waals surface area contributed by atoms with Gasteiger partial charge in [0.15, 0.2) is 0 Å². The third-order valence-electron chi connectivity index (χ3n) is 4.30. The van der Waals surface area contributed by atoms with Crippen LogP contribution in [0, 0.1) is 12.7 Å². The quantitative estimate of drug-likeness (QED) is 0.472. The highest BCUT2D eigenvalue weighted by atomic mass is 32.1. The zero-order chi connectivity index (χ0) is 18.8. The minimum atomic E-state index is -0.283.